The maximum absolute atomic E-state index is 12.6. The Morgan fingerprint density at radius 2 is 1.64 bits per heavy atom. The van der Waals surface area contributed by atoms with Crippen LogP contribution in [0.1, 0.15) is 32.4 Å². The van der Waals surface area contributed by atoms with E-state index in [1.54, 1.807) is 39.0 Å². The first-order valence-electron chi connectivity index (χ1n) is 7.92. The third kappa shape index (κ3) is 5.27. The van der Waals surface area contributed by atoms with Crippen molar-refractivity contribution in [3.8, 4) is 0 Å². The number of carbonyl (C=O) groups excluding carboxylic acids is 4. The Morgan fingerprint density at radius 1 is 1.07 bits per heavy atom. The van der Waals surface area contributed by atoms with Crippen LogP contribution in [0.2, 0.25) is 0 Å². The van der Waals surface area contributed by atoms with E-state index in [0.717, 1.165) is 0 Å². The monoisotopic (exact) mass is 451 g/mol. The first-order chi connectivity index (χ1) is 12.8. The van der Waals surface area contributed by atoms with Gasteiger partial charge in [-0.05, 0) is 26.3 Å². The van der Waals surface area contributed by atoms with Gasteiger partial charge in [-0.25, -0.2) is 19.2 Å². The van der Waals surface area contributed by atoms with Crippen LogP contribution < -0.4 is 0 Å². The Labute approximate surface area is 175 Å². The Morgan fingerprint density at radius 3 is 2.14 bits per heavy atom. The van der Waals surface area contributed by atoms with Gasteiger partial charge < -0.3 is 14.2 Å². The summed E-state index contributed by atoms with van der Waals surface area (Å²) in [6.45, 7) is 4.76. The Kier molecular flexibility index (Phi) is 6.48. The SMILES string of the molecule is CC(C)(C)OC(=O)N1C(=O)OC(=O)[C@H](OC(=O)C(Cl)(Cl)Cl)[C@@H]1c1ccccc1. The molecule has 0 bridgehead atoms. The maximum atomic E-state index is 12.6. The van der Waals surface area contributed by atoms with Crippen LogP contribution in [0.25, 0.3) is 0 Å². The summed E-state index contributed by atoms with van der Waals surface area (Å²) >= 11 is 16.5. The average molecular weight is 453 g/mol. The molecule has 0 N–H and O–H groups in total. The van der Waals surface area contributed by atoms with Crippen LogP contribution >= 0.6 is 34.8 Å². The molecule has 0 saturated carbocycles. The van der Waals surface area contributed by atoms with Gasteiger partial charge in [0.05, 0.1) is 0 Å². The topological polar surface area (TPSA) is 99.2 Å². The molecular formula is C17H16Cl3NO7. The van der Waals surface area contributed by atoms with Gasteiger partial charge >= 0.3 is 24.1 Å². The number of halogens is 3. The highest BCUT2D eigenvalue weighted by molar-refractivity contribution is 6.75. The molecule has 0 aliphatic carbocycles. The van der Waals surface area contributed by atoms with E-state index < -0.39 is 45.7 Å². The molecule has 1 aromatic carbocycles. The summed E-state index contributed by atoms with van der Waals surface area (Å²) in [6.07, 6.45) is -4.15. The second-order valence-corrected chi connectivity index (χ2v) is 9.00. The Bertz CT molecular complexity index is 786. The molecule has 0 spiro atoms. The number of amides is 2. The number of rotatable bonds is 2. The standard InChI is InChI=1S/C17H16Cl3NO7/c1-16(2,3)28-15(25)21-10(9-7-5-4-6-8-9)11(12(22)27-14(21)24)26-13(23)17(18,19)20/h4-8,10-11H,1-3H3/t10-,11+/m0/s1. The molecule has 1 saturated heterocycles. The van der Waals surface area contributed by atoms with E-state index in [9.17, 15) is 19.2 Å². The number of hydrogen-bond donors (Lipinski definition) is 0. The normalized spacial score (nSPS) is 20.4. The number of alkyl halides is 3. The molecule has 1 aliphatic heterocycles. The van der Waals surface area contributed by atoms with Crippen molar-refractivity contribution in [1.29, 1.82) is 0 Å². The summed E-state index contributed by atoms with van der Waals surface area (Å²) in [5, 5.41) is 0. The molecule has 0 unspecified atom stereocenters. The molecule has 1 aliphatic rings. The van der Waals surface area contributed by atoms with Crippen LogP contribution in [0.5, 0.6) is 0 Å². The molecule has 0 aromatic heterocycles. The molecule has 2 amide bonds. The van der Waals surface area contributed by atoms with Crippen molar-refractivity contribution in [3.05, 3.63) is 35.9 Å². The Hall–Kier alpha value is -2.03. The number of imide groups is 1. The van der Waals surface area contributed by atoms with Gasteiger partial charge in [0.25, 0.3) is 3.79 Å². The lowest BCUT2D eigenvalue weighted by molar-refractivity contribution is -0.173. The third-order valence-electron chi connectivity index (χ3n) is 3.38. The van der Waals surface area contributed by atoms with Gasteiger partial charge in [-0.15, -0.1) is 0 Å². The van der Waals surface area contributed by atoms with Crippen molar-refractivity contribution in [3.63, 3.8) is 0 Å². The quantitative estimate of drug-likeness (QED) is 0.290. The van der Waals surface area contributed by atoms with E-state index in [4.69, 9.17) is 44.3 Å². The summed E-state index contributed by atoms with van der Waals surface area (Å²) in [5.74, 6) is -2.60. The fraction of sp³-hybridized carbons (Fsp3) is 0.412. The lowest BCUT2D eigenvalue weighted by Gasteiger charge is -2.37. The molecule has 0 radical (unpaired) electrons. The van der Waals surface area contributed by atoms with Crippen LogP contribution in [0.4, 0.5) is 9.59 Å². The van der Waals surface area contributed by atoms with Crippen LogP contribution in [0, 0.1) is 0 Å². The molecule has 152 valence electrons. The van der Waals surface area contributed by atoms with E-state index in [-0.39, 0.29) is 0 Å². The second-order valence-electron chi connectivity index (χ2n) is 6.72. The first kappa shape index (κ1) is 22.3. The fourth-order valence-electron chi connectivity index (χ4n) is 2.34. The minimum absolute atomic E-state index is 0.292. The van der Waals surface area contributed by atoms with Crippen LogP contribution in [0.3, 0.4) is 0 Å². The van der Waals surface area contributed by atoms with Gasteiger partial charge in [-0.2, -0.15) is 4.90 Å². The smallest absolute Gasteiger partial charge is 0.427 e. The number of cyclic esters (lactones) is 2. The van der Waals surface area contributed by atoms with Gasteiger partial charge in [0.15, 0.2) is 0 Å². The van der Waals surface area contributed by atoms with Crippen molar-refractivity contribution < 1.29 is 33.4 Å². The lowest BCUT2D eigenvalue weighted by Crippen LogP contribution is -2.56. The summed E-state index contributed by atoms with van der Waals surface area (Å²) < 4.78 is 12.3. The minimum Gasteiger partial charge on any atom is -0.444 e. The van der Waals surface area contributed by atoms with E-state index in [1.807, 2.05) is 0 Å². The van der Waals surface area contributed by atoms with Gasteiger partial charge in [0.1, 0.15) is 11.6 Å². The molecule has 28 heavy (non-hydrogen) atoms. The second kappa shape index (κ2) is 8.14. The fourth-order valence-corrected chi connectivity index (χ4v) is 2.47. The highest BCUT2D eigenvalue weighted by atomic mass is 35.6. The van der Waals surface area contributed by atoms with E-state index in [0.29, 0.717) is 10.5 Å². The molecule has 1 heterocycles. The zero-order valence-corrected chi connectivity index (χ0v) is 17.2. The van der Waals surface area contributed by atoms with Gasteiger partial charge in [0, 0.05) is 0 Å². The molecule has 1 fully saturated rings. The molecule has 8 nitrogen and oxygen atoms in total. The number of carbonyl (C=O) groups is 4. The molecule has 2 atom stereocenters. The zero-order valence-electron chi connectivity index (χ0n) is 15.0. The maximum Gasteiger partial charge on any atom is 0.427 e. The van der Waals surface area contributed by atoms with Crippen LogP contribution in [-0.2, 0) is 23.8 Å². The van der Waals surface area contributed by atoms with Crippen molar-refractivity contribution in [2.24, 2.45) is 0 Å². The van der Waals surface area contributed by atoms with Crippen molar-refractivity contribution in [2.75, 3.05) is 0 Å². The molecular weight excluding hydrogens is 437 g/mol. The zero-order chi connectivity index (χ0) is 21.3. The Balaban J connectivity index is 2.50. The van der Waals surface area contributed by atoms with Gasteiger partial charge in [-0.1, -0.05) is 65.1 Å². The number of nitrogens with zero attached hydrogens (tertiary/aromatic N) is 1. The summed E-state index contributed by atoms with van der Waals surface area (Å²) in [5.41, 5.74) is -0.662. The van der Waals surface area contributed by atoms with Crippen molar-refractivity contribution in [2.45, 2.75) is 42.3 Å². The first-order valence-corrected chi connectivity index (χ1v) is 9.05. The summed E-state index contributed by atoms with van der Waals surface area (Å²) in [7, 11) is 0. The van der Waals surface area contributed by atoms with E-state index >= 15 is 0 Å². The lowest BCUT2D eigenvalue weighted by atomic mass is 9.99. The van der Waals surface area contributed by atoms with Gasteiger partial charge in [-0.3, -0.25) is 0 Å². The highest BCUT2D eigenvalue weighted by Crippen LogP contribution is 2.36. The largest absolute Gasteiger partial charge is 0.444 e. The highest BCUT2D eigenvalue weighted by Gasteiger charge is 2.52. The van der Waals surface area contributed by atoms with E-state index in [2.05, 4.69) is 4.74 Å². The van der Waals surface area contributed by atoms with Gasteiger partial charge in [0.2, 0.25) is 6.10 Å². The number of ether oxygens (including phenoxy) is 3. The number of esters is 2. The third-order valence-corrected chi connectivity index (χ3v) is 3.84. The van der Waals surface area contributed by atoms with E-state index in [1.165, 1.54) is 12.1 Å². The average Bonchev–Trinajstić information content (AvgIpc) is 2.54. The number of benzene rings is 1. The summed E-state index contributed by atoms with van der Waals surface area (Å²) in [6, 6.07) is 6.52. The van der Waals surface area contributed by atoms with Crippen molar-refractivity contribution >= 4 is 58.9 Å². The molecule has 2 rings (SSSR count). The molecule has 11 heteroatoms. The van der Waals surface area contributed by atoms with Crippen LogP contribution in [-0.4, -0.2) is 44.5 Å². The number of hydrogen-bond acceptors (Lipinski definition) is 7. The predicted molar refractivity (Wildman–Crippen MR) is 98.9 cm³/mol. The minimum atomic E-state index is -2.49. The van der Waals surface area contributed by atoms with Crippen molar-refractivity contribution in [1.82, 2.24) is 4.90 Å². The summed E-state index contributed by atoms with van der Waals surface area (Å²) in [4.78, 5) is 49.7. The molecule has 1 aromatic rings. The van der Waals surface area contributed by atoms with Crippen LogP contribution in [0.15, 0.2) is 30.3 Å². The predicted octanol–water partition coefficient (Wildman–Crippen LogP) is 3.92.